The van der Waals surface area contributed by atoms with Crippen LogP contribution >= 0.6 is 0 Å². The van der Waals surface area contributed by atoms with Crippen LogP contribution in [0.2, 0.25) is 0 Å². The van der Waals surface area contributed by atoms with E-state index in [1.54, 1.807) is 0 Å². The zero-order valence-corrected chi connectivity index (χ0v) is 18.7. The van der Waals surface area contributed by atoms with Gasteiger partial charge in [-0.15, -0.1) is 0 Å². The first-order chi connectivity index (χ1) is 15.6. The highest BCUT2D eigenvalue weighted by Crippen LogP contribution is 2.34. The van der Waals surface area contributed by atoms with Gasteiger partial charge in [-0.3, -0.25) is 4.90 Å². The molecule has 2 aromatic rings. The van der Waals surface area contributed by atoms with Crippen LogP contribution in [0.5, 0.6) is 5.75 Å². The van der Waals surface area contributed by atoms with Crippen LogP contribution in [0, 0.1) is 0 Å². The Kier molecular flexibility index (Phi) is 7.05. The van der Waals surface area contributed by atoms with Gasteiger partial charge in [-0.2, -0.15) is 8.42 Å². The number of nitrogens with one attached hydrogen (secondary N) is 1. The number of nitrogens with zero attached hydrogens (tertiary/aromatic N) is 1. The standard InChI is InChI=1S/C20H20N2O9S2/c1-2-7-31-20(26)22-11-13(32(27)28)8-12(22)10-21-33(29,30)17-9-16(19(24)25)18(23)15-6-4-3-5-14(15)17/h2-6,9,12,21,23H,1,7-8,10-11H2,(H,24,25)/t12-/m0/s1. The molecule has 1 fully saturated rings. The minimum absolute atomic E-state index is 0.0120. The lowest BCUT2D eigenvalue weighted by molar-refractivity contribution is 0.0693. The van der Waals surface area contributed by atoms with Crippen molar-refractivity contribution in [2.24, 2.45) is 0 Å². The maximum Gasteiger partial charge on any atom is 0.410 e. The van der Waals surface area contributed by atoms with Gasteiger partial charge < -0.3 is 14.9 Å². The summed E-state index contributed by atoms with van der Waals surface area (Å²) < 4.78 is 56.2. The van der Waals surface area contributed by atoms with E-state index in [1.165, 1.54) is 30.3 Å². The third-order valence-electron chi connectivity index (χ3n) is 5.05. The largest absolute Gasteiger partial charge is 0.506 e. The van der Waals surface area contributed by atoms with E-state index in [2.05, 4.69) is 11.3 Å². The van der Waals surface area contributed by atoms with Crippen molar-refractivity contribution in [2.45, 2.75) is 17.4 Å². The molecule has 11 nitrogen and oxygen atoms in total. The number of ether oxygens (including phenoxy) is 1. The minimum atomic E-state index is -4.33. The maximum atomic E-state index is 13.1. The number of carboxylic acid groups (broad SMARTS) is 1. The van der Waals surface area contributed by atoms with Crippen molar-refractivity contribution < 1.29 is 41.4 Å². The Morgan fingerprint density at radius 2 is 1.94 bits per heavy atom. The summed E-state index contributed by atoms with van der Waals surface area (Å²) in [4.78, 5) is 24.5. The number of sulfonamides is 1. The number of hydrogen-bond donors (Lipinski definition) is 3. The third kappa shape index (κ3) is 4.99. The highest BCUT2D eigenvalue weighted by molar-refractivity contribution is 7.89. The molecular formula is C20H20N2O9S2. The number of aromatic hydroxyl groups is 1. The predicted octanol–water partition coefficient (Wildman–Crippen LogP) is 0.970. The highest BCUT2D eigenvalue weighted by Gasteiger charge is 2.35. The van der Waals surface area contributed by atoms with Crippen LogP contribution in [0.4, 0.5) is 4.79 Å². The number of likely N-dealkylation sites (tertiary alicyclic amines) is 1. The van der Waals surface area contributed by atoms with Gasteiger partial charge in [0.1, 0.15) is 17.9 Å². The van der Waals surface area contributed by atoms with Crippen LogP contribution in [-0.4, -0.2) is 74.6 Å². The number of carbonyl (C=O) groups excluding carboxylic acids is 1. The Hall–Kier alpha value is -3.42. The maximum absolute atomic E-state index is 13.1. The first-order valence-corrected chi connectivity index (χ1v) is 12.1. The molecule has 1 aliphatic rings. The quantitative estimate of drug-likeness (QED) is 0.374. The summed E-state index contributed by atoms with van der Waals surface area (Å²) in [6, 6.07) is 5.83. The fraction of sp³-hybridized carbons (Fsp3) is 0.250. The molecule has 0 unspecified atom stereocenters. The Morgan fingerprint density at radius 1 is 1.27 bits per heavy atom. The molecule has 0 spiro atoms. The van der Waals surface area contributed by atoms with Gasteiger partial charge in [0.25, 0.3) is 0 Å². The number of carboxylic acids is 1. The van der Waals surface area contributed by atoms with Gasteiger partial charge in [0, 0.05) is 23.7 Å². The molecule has 0 aromatic heterocycles. The molecule has 1 heterocycles. The van der Waals surface area contributed by atoms with Gasteiger partial charge in [-0.05, 0) is 6.07 Å². The van der Waals surface area contributed by atoms with Crippen LogP contribution in [-0.2, 0) is 25.1 Å². The molecule has 13 heteroatoms. The van der Waals surface area contributed by atoms with Gasteiger partial charge >= 0.3 is 12.1 Å². The van der Waals surface area contributed by atoms with Crippen molar-refractivity contribution in [1.82, 2.24) is 9.62 Å². The summed E-state index contributed by atoms with van der Waals surface area (Å²) in [6.45, 7) is 2.71. The molecule has 0 aliphatic carbocycles. The number of fused-ring (bicyclic) bond motifs is 1. The van der Waals surface area contributed by atoms with Gasteiger partial charge in [0.2, 0.25) is 20.3 Å². The molecule has 1 amide bonds. The molecule has 0 saturated carbocycles. The molecule has 3 N–H and O–H groups in total. The van der Waals surface area contributed by atoms with Crippen molar-refractivity contribution in [1.29, 1.82) is 0 Å². The summed E-state index contributed by atoms with van der Waals surface area (Å²) in [5.41, 5.74) is -0.595. The summed E-state index contributed by atoms with van der Waals surface area (Å²) in [6.07, 6.45) is 0.402. The number of amides is 1. The molecule has 2 aromatic carbocycles. The fourth-order valence-corrected chi connectivity index (χ4v) is 5.36. The van der Waals surface area contributed by atoms with Crippen molar-refractivity contribution in [3.63, 3.8) is 0 Å². The number of rotatable bonds is 7. The smallest absolute Gasteiger partial charge is 0.410 e. The fourth-order valence-electron chi connectivity index (χ4n) is 3.48. The number of aromatic carboxylic acids is 1. The molecule has 1 saturated heterocycles. The van der Waals surface area contributed by atoms with Crippen LogP contribution in [0.3, 0.4) is 0 Å². The lowest BCUT2D eigenvalue weighted by Crippen LogP contribution is -2.43. The van der Waals surface area contributed by atoms with E-state index >= 15 is 0 Å². The SMILES string of the molecule is C=CCOC(=O)N1CC(=S(=O)=O)C[C@H]1CNS(=O)(=O)c1cc(C(=O)O)c(O)c2ccccc12. The van der Waals surface area contributed by atoms with Crippen LogP contribution in [0.1, 0.15) is 16.8 Å². The molecule has 176 valence electrons. The number of benzene rings is 2. The van der Waals surface area contributed by atoms with Crippen molar-refractivity contribution >= 4 is 48.0 Å². The number of phenols is 1. The summed E-state index contributed by atoms with van der Waals surface area (Å²) in [5, 5.41) is 19.7. The summed E-state index contributed by atoms with van der Waals surface area (Å²) >= 11 is 0. The van der Waals surface area contributed by atoms with E-state index < -0.39 is 49.7 Å². The number of hydrogen-bond acceptors (Lipinski definition) is 8. The van der Waals surface area contributed by atoms with Gasteiger partial charge in [-0.25, -0.2) is 22.7 Å². The first kappa shape index (κ1) is 24.2. The van der Waals surface area contributed by atoms with E-state index in [1.807, 2.05) is 0 Å². The second-order valence-corrected chi connectivity index (χ2v) is 9.88. The molecule has 0 radical (unpaired) electrons. The average Bonchev–Trinajstić information content (AvgIpc) is 3.21. The van der Waals surface area contributed by atoms with Crippen molar-refractivity contribution in [3.8, 4) is 5.75 Å². The molecule has 0 bridgehead atoms. The summed E-state index contributed by atoms with van der Waals surface area (Å²) in [7, 11) is -6.90. The topological polar surface area (TPSA) is 167 Å². The molecule has 3 rings (SSSR count). The van der Waals surface area contributed by atoms with E-state index in [0.717, 1.165) is 11.0 Å². The second-order valence-electron chi connectivity index (χ2n) is 7.10. The zero-order valence-electron chi connectivity index (χ0n) is 17.1. The van der Waals surface area contributed by atoms with Crippen LogP contribution in [0.15, 0.2) is 47.9 Å². The van der Waals surface area contributed by atoms with Crippen molar-refractivity contribution in [2.75, 3.05) is 19.7 Å². The van der Waals surface area contributed by atoms with E-state index in [0.29, 0.717) is 0 Å². The lowest BCUT2D eigenvalue weighted by Gasteiger charge is -2.23. The lowest BCUT2D eigenvalue weighted by atomic mass is 10.1. The molecule has 1 atom stereocenters. The monoisotopic (exact) mass is 496 g/mol. The third-order valence-corrected chi connectivity index (χ3v) is 7.28. The van der Waals surface area contributed by atoms with Gasteiger partial charge in [0.05, 0.1) is 22.3 Å². The zero-order chi connectivity index (χ0) is 24.3. The highest BCUT2D eigenvalue weighted by atomic mass is 32.2. The Morgan fingerprint density at radius 3 is 2.55 bits per heavy atom. The number of carbonyl (C=O) groups is 2. The Labute approximate surface area is 190 Å². The van der Waals surface area contributed by atoms with E-state index in [9.17, 15) is 36.6 Å². The second kappa shape index (κ2) is 9.60. The Balaban J connectivity index is 1.95. The van der Waals surface area contributed by atoms with Gasteiger partial charge in [-0.1, -0.05) is 36.9 Å². The Bertz CT molecular complexity index is 1370. The van der Waals surface area contributed by atoms with Crippen LogP contribution in [0.25, 0.3) is 10.8 Å². The van der Waals surface area contributed by atoms with E-state index in [4.69, 9.17) is 4.74 Å². The molecular weight excluding hydrogens is 476 g/mol. The summed E-state index contributed by atoms with van der Waals surface area (Å²) in [5.74, 6) is -2.08. The van der Waals surface area contributed by atoms with E-state index in [-0.39, 0.29) is 46.6 Å². The first-order valence-electron chi connectivity index (χ1n) is 9.52. The minimum Gasteiger partial charge on any atom is -0.506 e. The van der Waals surface area contributed by atoms with Gasteiger partial charge in [0.15, 0.2) is 0 Å². The predicted molar refractivity (Wildman–Crippen MR) is 118 cm³/mol. The van der Waals surface area contributed by atoms with Crippen LogP contribution < -0.4 is 4.72 Å². The average molecular weight is 497 g/mol. The molecule has 33 heavy (non-hydrogen) atoms. The molecule has 1 aliphatic heterocycles. The normalized spacial score (nSPS) is 16.1. The van der Waals surface area contributed by atoms with Crippen molar-refractivity contribution in [3.05, 3.63) is 48.6 Å².